The van der Waals surface area contributed by atoms with E-state index in [2.05, 4.69) is 10.6 Å². The fourth-order valence-corrected chi connectivity index (χ4v) is 3.63. The second-order valence-electron chi connectivity index (χ2n) is 7.54. The number of benzene rings is 1. The van der Waals surface area contributed by atoms with Gasteiger partial charge in [-0.3, -0.25) is 14.4 Å². The van der Waals surface area contributed by atoms with Crippen LogP contribution in [0.4, 0.5) is 5.69 Å². The number of rotatable bonds is 3. The van der Waals surface area contributed by atoms with E-state index in [0.717, 1.165) is 32.1 Å². The Bertz CT molecular complexity index is 714. The molecular weight excluding hydrogens is 330 g/mol. The van der Waals surface area contributed by atoms with Crippen molar-refractivity contribution in [2.45, 2.75) is 52.0 Å². The number of carbonyl (C=O) groups is 3. The van der Waals surface area contributed by atoms with E-state index >= 15 is 0 Å². The van der Waals surface area contributed by atoms with Gasteiger partial charge in [0.2, 0.25) is 5.91 Å². The van der Waals surface area contributed by atoms with E-state index in [1.165, 1.54) is 16.0 Å². The Morgan fingerprint density at radius 2 is 1.88 bits per heavy atom. The number of likely N-dealkylation sites (tertiary alicyclic amines) is 1. The topological polar surface area (TPSA) is 78.5 Å². The Labute approximate surface area is 154 Å². The summed E-state index contributed by atoms with van der Waals surface area (Å²) < 4.78 is 0. The van der Waals surface area contributed by atoms with Gasteiger partial charge in [0.1, 0.15) is 0 Å². The number of fused-ring (bicyclic) bond motifs is 1. The Morgan fingerprint density at radius 1 is 1.12 bits per heavy atom. The van der Waals surface area contributed by atoms with E-state index in [1.807, 2.05) is 32.0 Å². The van der Waals surface area contributed by atoms with Crippen LogP contribution in [0, 0.1) is 5.92 Å². The number of piperidine rings is 1. The highest BCUT2D eigenvalue weighted by Gasteiger charge is 2.29. The molecule has 3 amide bonds. The maximum absolute atomic E-state index is 12.5. The Hall–Kier alpha value is -2.37. The molecular formula is C20H27N3O3. The van der Waals surface area contributed by atoms with Gasteiger partial charge in [-0.1, -0.05) is 19.9 Å². The first-order chi connectivity index (χ1) is 12.4. The molecule has 2 N–H and O–H groups in total. The highest BCUT2D eigenvalue weighted by atomic mass is 16.2. The number of hydrogen-bond donors (Lipinski definition) is 2. The van der Waals surface area contributed by atoms with Gasteiger partial charge < -0.3 is 15.5 Å². The lowest BCUT2D eigenvalue weighted by molar-refractivity contribution is -0.144. The average molecular weight is 357 g/mol. The molecule has 1 saturated heterocycles. The first-order valence-corrected chi connectivity index (χ1v) is 9.46. The van der Waals surface area contributed by atoms with Crippen LogP contribution in [0.1, 0.15) is 44.2 Å². The molecule has 0 bridgehead atoms. The number of amides is 3. The van der Waals surface area contributed by atoms with Crippen LogP contribution in [-0.4, -0.2) is 41.8 Å². The predicted octanol–water partition coefficient (Wildman–Crippen LogP) is 1.88. The molecule has 6 heteroatoms. The van der Waals surface area contributed by atoms with Crippen LogP contribution in [0.2, 0.25) is 0 Å². The van der Waals surface area contributed by atoms with Crippen LogP contribution in [-0.2, 0) is 27.2 Å². The molecule has 26 heavy (non-hydrogen) atoms. The number of nitrogens with one attached hydrogen (secondary N) is 2. The minimum Gasteiger partial charge on any atom is -0.351 e. The Balaban J connectivity index is 1.57. The van der Waals surface area contributed by atoms with Gasteiger partial charge in [-0.15, -0.1) is 0 Å². The second-order valence-corrected chi connectivity index (χ2v) is 7.54. The Morgan fingerprint density at radius 3 is 2.65 bits per heavy atom. The summed E-state index contributed by atoms with van der Waals surface area (Å²) in [6.07, 6.45) is 4.86. The first-order valence-electron chi connectivity index (χ1n) is 9.46. The fraction of sp³-hybridized carbons (Fsp3) is 0.550. The van der Waals surface area contributed by atoms with Crippen LogP contribution in [0.25, 0.3) is 0 Å². The van der Waals surface area contributed by atoms with Crippen LogP contribution in [0.5, 0.6) is 0 Å². The van der Waals surface area contributed by atoms with E-state index in [0.29, 0.717) is 18.8 Å². The molecule has 1 aliphatic heterocycles. The monoisotopic (exact) mass is 357 g/mol. The molecule has 0 saturated carbocycles. The van der Waals surface area contributed by atoms with Gasteiger partial charge in [-0.2, -0.15) is 0 Å². The van der Waals surface area contributed by atoms with Crippen molar-refractivity contribution in [2.75, 3.05) is 18.4 Å². The molecule has 2 aliphatic rings. The van der Waals surface area contributed by atoms with Crippen LogP contribution >= 0.6 is 0 Å². The molecule has 1 aliphatic carbocycles. The van der Waals surface area contributed by atoms with Crippen molar-refractivity contribution in [3.63, 3.8) is 0 Å². The molecule has 3 rings (SSSR count). The zero-order valence-corrected chi connectivity index (χ0v) is 15.5. The summed E-state index contributed by atoms with van der Waals surface area (Å²) in [7, 11) is 0. The molecule has 1 aromatic rings. The van der Waals surface area contributed by atoms with Crippen molar-refractivity contribution >= 4 is 23.4 Å². The number of carbonyl (C=O) groups excluding carboxylic acids is 3. The van der Waals surface area contributed by atoms with Crippen molar-refractivity contribution < 1.29 is 14.4 Å². The summed E-state index contributed by atoms with van der Waals surface area (Å²) in [5.74, 6) is -1.26. The van der Waals surface area contributed by atoms with Gasteiger partial charge in [-0.25, -0.2) is 0 Å². The number of hydrogen-bond acceptors (Lipinski definition) is 3. The summed E-state index contributed by atoms with van der Waals surface area (Å²) in [5.41, 5.74) is 3.25. The van der Waals surface area contributed by atoms with E-state index in [9.17, 15) is 14.4 Å². The van der Waals surface area contributed by atoms with Crippen molar-refractivity contribution in [3.8, 4) is 0 Å². The third kappa shape index (κ3) is 4.23. The molecule has 6 nitrogen and oxygen atoms in total. The third-order valence-electron chi connectivity index (χ3n) is 5.13. The van der Waals surface area contributed by atoms with Gasteiger partial charge in [0.25, 0.3) is 0 Å². The van der Waals surface area contributed by atoms with Gasteiger partial charge >= 0.3 is 11.8 Å². The summed E-state index contributed by atoms with van der Waals surface area (Å²) in [4.78, 5) is 38.3. The molecule has 0 spiro atoms. The summed E-state index contributed by atoms with van der Waals surface area (Å²) >= 11 is 0. The molecule has 0 radical (unpaired) electrons. The largest absolute Gasteiger partial charge is 0.351 e. The van der Waals surface area contributed by atoms with E-state index in [4.69, 9.17) is 0 Å². The normalized spacial score (nSPS) is 19.2. The van der Waals surface area contributed by atoms with Crippen molar-refractivity contribution in [1.29, 1.82) is 0 Å². The maximum Gasteiger partial charge on any atom is 0.313 e. The SMILES string of the molecule is CC(C)C(=O)NC1CCCN(C(=O)C(=O)Nc2ccc3c(c2)CCC3)C1. The lowest BCUT2D eigenvalue weighted by Crippen LogP contribution is -2.52. The average Bonchev–Trinajstić information content (AvgIpc) is 3.09. The van der Waals surface area contributed by atoms with Crippen molar-refractivity contribution in [1.82, 2.24) is 10.2 Å². The van der Waals surface area contributed by atoms with Gasteiger partial charge in [0.05, 0.1) is 0 Å². The van der Waals surface area contributed by atoms with Gasteiger partial charge in [-0.05, 0) is 55.4 Å². The smallest absolute Gasteiger partial charge is 0.313 e. The maximum atomic E-state index is 12.5. The summed E-state index contributed by atoms with van der Waals surface area (Å²) in [6, 6.07) is 5.77. The second kappa shape index (κ2) is 7.89. The zero-order chi connectivity index (χ0) is 18.7. The van der Waals surface area contributed by atoms with Crippen LogP contribution in [0.3, 0.4) is 0 Å². The fourth-order valence-electron chi connectivity index (χ4n) is 3.63. The molecule has 1 fully saturated rings. The van der Waals surface area contributed by atoms with Crippen LogP contribution < -0.4 is 10.6 Å². The minimum absolute atomic E-state index is 0.0214. The van der Waals surface area contributed by atoms with E-state index < -0.39 is 11.8 Å². The van der Waals surface area contributed by atoms with Crippen molar-refractivity contribution in [3.05, 3.63) is 29.3 Å². The van der Waals surface area contributed by atoms with Crippen molar-refractivity contribution in [2.24, 2.45) is 5.92 Å². The zero-order valence-electron chi connectivity index (χ0n) is 15.5. The highest BCUT2D eigenvalue weighted by molar-refractivity contribution is 6.39. The lowest BCUT2D eigenvalue weighted by atomic mass is 10.0. The molecule has 140 valence electrons. The summed E-state index contributed by atoms with van der Waals surface area (Å²) in [6.45, 7) is 4.61. The summed E-state index contributed by atoms with van der Waals surface area (Å²) in [5, 5.41) is 5.68. The molecule has 0 aromatic heterocycles. The molecule has 1 aromatic carbocycles. The number of aryl methyl sites for hydroxylation is 2. The highest BCUT2D eigenvalue weighted by Crippen LogP contribution is 2.25. The first kappa shape index (κ1) is 18.4. The molecule has 1 atom stereocenters. The molecule has 1 heterocycles. The van der Waals surface area contributed by atoms with Gasteiger partial charge in [0.15, 0.2) is 0 Å². The Kier molecular flexibility index (Phi) is 5.59. The van der Waals surface area contributed by atoms with Crippen LogP contribution in [0.15, 0.2) is 18.2 Å². The third-order valence-corrected chi connectivity index (χ3v) is 5.13. The van der Waals surface area contributed by atoms with E-state index in [1.54, 1.807) is 0 Å². The van der Waals surface area contributed by atoms with E-state index in [-0.39, 0.29) is 17.9 Å². The quantitative estimate of drug-likeness (QED) is 0.811. The minimum atomic E-state index is -0.612. The number of anilines is 1. The lowest BCUT2D eigenvalue weighted by Gasteiger charge is -2.33. The van der Waals surface area contributed by atoms with Gasteiger partial charge in [0, 0.05) is 30.7 Å². The standard InChI is InChI=1S/C20H27N3O3/c1-13(2)18(24)22-17-7-4-10-23(12-17)20(26)19(25)21-16-9-8-14-5-3-6-15(14)11-16/h8-9,11,13,17H,3-7,10,12H2,1-2H3,(H,21,25)(H,22,24). The number of nitrogens with zero attached hydrogens (tertiary/aromatic N) is 1. The molecule has 1 unspecified atom stereocenters. The predicted molar refractivity (Wildman–Crippen MR) is 99.7 cm³/mol.